The van der Waals surface area contributed by atoms with Gasteiger partial charge in [0.25, 0.3) is 0 Å². The third-order valence-corrected chi connectivity index (χ3v) is 3.99. The Labute approximate surface area is 127 Å². The standard InChI is InChI=1S/C16H27N3O2/c1-4-9-17-15-14(5-2)16(19-11-18-15)21-13-8-6-7-12(10-13)20-3/h11-13H,4-10H2,1-3H3,(H,17,18,19). The Hall–Kier alpha value is -1.36. The van der Waals surface area contributed by atoms with Crippen molar-refractivity contribution in [2.45, 2.75) is 64.6 Å². The van der Waals surface area contributed by atoms with Gasteiger partial charge in [0.05, 0.1) is 11.7 Å². The third kappa shape index (κ3) is 4.30. The molecule has 0 aromatic carbocycles. The highest BCUT2D eigenvalue weighted by Gasteiger charge is 2.24. The second-order valence-electron chi connectivity index (χ2n) is 5.55. The summed E-state index contributed by atoms with van der Waals surface area (Å²) in [5.41, 5.74) is 1.07. The molecule has 1 fully saturated rings. The van der Waals surface area contributed by atoms with Crippen molar-refractivity contribution < 1.29 is 9.47 Å². The average molecular weight is 293 g/mol. The van der Waals surface area contributed by atoms with E-state index in [1.54, 1.807) is 13.4 Å². The fourth-order valence-electron chi connectivity index (χ4n) is 2.79. The van der Waals surface area contributed by atoms with Gasteiger partial charge in [-0.1, -0.05) is 13.8 Å². The summed E-state index contributed by atoms with van der Waals surface area (Å²) in [6.45, 7) is 5.17. The van der Waals surface area contributed by atoms with Crippen LogP contribution in [0.1, 0.15) is 51.5 Å². The number of ether oxygens (including phenoxy) is 2. The topological polar surface area (TPSA) is 56.3 Å². The van der Waals surface area contributed by atoms with Gasteiger partial charge in [-0.15, -0.1) is 0 Å². The van der Waals surface area contributed by atoms with Gasteiger partial charge in [-0.3, -0.25) is 0 Å². The van der Waals surface area contributed by atoms with Crippen LogP contribution in [0.15, 0.2) is 6.33 Å². The molecule has 1 aliphatic rings. The quantitative estimate of drug-likeness (QED) is 0.836. The number of nitrogens with one attached hydrogen (secondary N) is 1. The van der Waals surface area contributed by atoms with Gasteiger partial charge in [0, 0.05) is 20.1 Å². The first-order valence-corrected chi connectivity index (χ1v) is 8.05. The third-order valence-electron chi connectivity index (χ3n) is 3.99. The smallest absolute Gasteiger partial charge is 0.222 e. The van der Waals surface area contributed by atoms with Crippen LogP contribution < -0.4 is 10.1 Å². The van der Waals surface area contributed by atoms with E-state index in [1.165, 1.54) is 0 Å². The molecule has 2 atom stereocenters. The largest absolute Gasteiger partial charge is 0.474 e. The van der Waals surface area contributed by atoms with Crippen molar-refractivity contribution in [2.24, 2.45) is 0 Å². The number of rotatable bonds is 7. The van der Waals surface area contributed by atoms with Crippen LogP contribution in [0.2, 0.25) is 0 Å². The minimum atomic E-state index is 0.197. The van der Waals surface area contributed by atoms with Crippen LogP contribution in [-0.4, -0.2) is 35.8 Å². The molecule has 0 saturated heterocycles. The van der Waals surface area contributed by atoms with Gasteiger partial charge in [0.15, 0.2) is 0 Å². The zero-order valence-corrected chi connectivity index (χ0v) is 13.4. The Morgan fingerprint density at radius 1 is 1.24 bits per heavy atom. The minimum absolute atomic E-state index is 0.197. The zero-order valence-electron chi connectivity index (χ0n) is 13.4. The van der Waals surface area contributed by atoms with Gasteiger partial charge in [-0.25, -0.2) is 9.97 Å². The van der Waals surface area contributed by atoms with Crippen molar-refractivity contribution in [1.82, 2.24) is 9.97 Å². The Morgan fingerprint density at radius 3 is 2.76 bits per heavy atom. The summed E-state index contributed by atoms with van der Waals surface area (Å²) in [6, 6.07) is 0. The van der Waals surface area contributed by atoms with Crippen molar-refractivity contribution in [3.05, 3.63) is 11.9 Å². The van der Waals surface area contributed by atoms with Crippen LogP contribution in [0.25, 0.3) is 0 Å². The first-order chi connectivity index (χ1) is 10.3. The maximum Gasteiger partial charge on any atom is 0.222 e. The summed E-state index contributed by atoms with van der Waals surface area (Å²) < 4.78 is 11.6. The summed E-state index contributed by atoms with van der Waals surface area (Å²) in [5, 5.41) is 3.36. The normalized spacial score (nSPS) is 22.0. The van der Waals surface area contributed by atoms with Crippen molar-refractivity contribution in [3.63, 3.8) is 0 Å². The Balaban J connectivity index is 2.08. The molecular weight excluding hydrogens is 266 g/mol. The van der Waals surface area contributed by atoms with E-state index >= 15 is 0 Å². The first kappa shape index (κ1) is 16.0. The molecule has 0 radical (unpaired) electrons. The van der Waals surface area contributed by atoms with E-state index in [4.69, 9.17) is 9.47 Å². The van der Waals surface area contributed by atoms with Crippen LogP contribution in [0.4, 0.5) is 5.82 Å². The number of nitrogens with zero attached hydrogens (tertiary/aromatic N) is 2. The summed E-state index contributed by atoms with van der Waals surface area (Å²) >= 11 is 0. The monoisotopic (exact) mass is 293 g/mol. The van der Waals surface area contributed by atoms with E-state index < -0.39 is 0 Å². The van der Waals surface area contributed by atoms with Crippen molar-refractivity contribution in [2.75, 3.05) is 19.0 Å². The van der Waals surface area contributed by atoms with E-state index in [0.717, 1.165) is 62.3 Å². The summed E-state index contributed by atoms with van der Waals surface area (Å²) in [6.07, 6.45) is 8.33. The van der Waals surface area contributed by atoms with E-state index in [9.17, 15) is 0 Å². The fourth-order valence-corrected chi connectivity index (χ4v) is 2.79. The number of methoxy groups -OCH3 is 1. The molecular formula is C16H27N3O2. The molecule has 0 bridgehead atoms. The minimum Gasteiger partial charge on any atom is -0.474 e. The SMILES string of the molecule is CCCNc1ncnc(OC2CCCC(OC)C2)c1CC. The fraction of sp³-hybridized carbons (Fsp3) is 0.750. The molecule has 0 spiro atoms. The van der Waals surface area contributed by atoms with Crippen LogP contribution >= 0.6 is 0 Å². The molecule has 1 heterocycles. The molecule has 1 aliphatic carbocycles. The van der Waals surface area contributed by atoms with Gasteiger partial charge < -0.3 is 14.8 Å². The lowest BCUT2D eigenvalue weighted by Crippen LogP contribution is -2.30. The molecule has 5 nitrogen and oxygen atoms in total. The Morgan fingerprint density at radius 2 is 2.05 bits per heavy atom. The van der Waals surface area contributed by atoms with Crippen molar-refractivity contribution >= 4 is 5.82 Å². The summed E-state index contributed by atoms with van der Waals surface area (Å²) in [5.74, 6) is 1.64. The Kier molecular flexibility index (Phi) is 6.23. The Bertz CT molecular complexity index is 440. The predicted molar refractivity (Wildman–Crippen MR) is 83.9 cm³/mol. The molecule has 0 amide bonds. The number of aromatic nitrogens is 2. The lowest BCUT2D eigenvalue weighted by Gasteiger charge is -2.29. The lowest BCUT2D eigenvalue weighted by atomic mass is 9.95. The van der Waals surface area contributed by atoms with Crippen LogP contribution in [0.5, 0.6) is 5.88 Å². The van der Waals surface area contributed by atoms with Gasteiger partial charge in [-0.2, -0.15) is 0 Å². The van der Waals surface area contributed by atoms with Crippen LogP contribution in [-0.2, 0) is 11.2 Å². The maximum atomic E-state index is 6.16. The van der Waals surface area contributed by atoms with Gasteiger partial charge in [-0.05, 0) is 32.1 Å². The molecule has 21 heavy (non-hydrogen) atoms. The molecule has 0 aliphatic heterocycles. The molecule has 1 saturated carbocycles. The summed E-state index contributed by atoms with van der Waals surface area (Å²) in [4.78, 5) is 8.69. The molecule has 5 heteroatoms. The van der Waals surface area contributed by atoms with E-state index in [0.29, 0.717) is 6.10 Å². The number of hydrogen-bond donors (Lipinski definition) is 1. The average Bonchev–Trinajstić information content (AvgIpc) is 2.53. The van der Waals surface area contributed by atoms with Gasteiger partial charge >= 0.3 is 0 Å². The molecule has 1 aromatic rings. The number of hydrogen-bond acceptors (Lipinski definition) is 5. The second-order valence-corrected chi connectivity index (χ2v) is 5.55. The molecule has 1 N–H and O–H groups in total. The van der Waals surface area contributed by atoms with Gasteiger partial charge in [0.2, 0.25) is 5.88 Å². The molecule has 2 rings (SSSR count). The number of anilines is 1. The first-order valence-electron chi connectivity index (χ1n) is 8.05. The highest BCUT2D eigenvalue weighted by atomic mass is 16.5. The van der Waals surface area contributed by atoms with E-state index in [-0.39, 0.29) is 6.10 Å². The van der Waals surface area contributed by atoms with Crippen molar-refractivity contribution in [3.8, 4) is 5.88 Å². The van der Waals surface area contributed by atoms with E-state index in [1.807, 2.05) is 0 Å². The van der Waals surface area contributed by atoms with Gasteiger partial charge in [0.1, 0.15) is 18.2 Å². The predicted octanol–water partition coefficient (Wildman–Crippen LogP) is 3.20. The molecule has 1 aromatic heterocycles. The maximum absolute atomic E-state index is 6.16. The van der Waals surface area contributed by atoms with Crippen molar-refractivity contribution in [1.29, 1.82) is 0 Å². The van der Waals surface area contributed by atoms with E-state index in [2.05, 4.69) is 29.1 Å². The van der Waals surface area contributed by atoms with Crippen LogP contribution in [0.3, 0.4) is 0 Å². The zero-order chi connectivity index (χ0) is 15.1. The molecule has 2 unspecified atom stereocenters. The highest BCUT2D eigenvalue weighted by Crippen LogP contribution is 2.28. The molecule has 118 valence electrons. The van der Waals surface area contributed by atoms with Crippen LogP contribution in [0, 0.1) is 0 Å². The highest BCUT2D eigenvalue weighted by molar-refractivity contribution is 5.48. The lowest BCUT2D eigenvalue weighted by molar-refractivity contribution is 0.0192. The summed E-state index contributed by atoms with van der Waals surface area (Å²) in [7, 11) is 1.78. The second kappa shape index (κ2) is 8.17.